The van der Waals surface area contributed by atoms with E-state index < -0.39 is 0 Å². The van der Waals surface area contributed by atoms with Crippen molar-refractivity contribution in [1.29, 1.82) is 0 Å². The van der Waals surface area contributed by atoms with Gasteiger partial charge in [0.2, 0.25) is 0 Å². The minimum atomic E-state index is 0.0994. The van der Waals surface area contributed by atoms with Crippen LogP contribution in [0.15, 0.2) is 60.7 Å². The molecule has 1 aliphatic rings. The number of benzene rings is 2. The molecule has 2 aromatic carbocycles. The quantitative estimate of drug-likeness (QED) is 0.926. The van der Waals surface area contributed by atoms with Crippen molar-refractivity contribution in [2.45, 2.75) is 32.4 Å². The van der Waals surface area contributed by atoms with E-state index in [1.54, 1.807) is 0 Å². The van der Waals surface area contributed by atoms with Crippen LogP contribution in [0.3, 0.4) is 0 Å². The molecule has 1 fully saturated rings. The molecule has 0 unspecified atom stereocenters. The summed E-state index contributed by atoms with van der Waals surface area (Å²) in [5, 5.41) is 2.40. The predicted molar refractivity (Wildman–Crippen MR) is 88.2 cm³/mol. The molecule has 2 nitrogen and oxygen atoms in total. The van der Waals surface area contributed by atoms with Gasteiger partial charge in [0.25, 0.3) is 0 Å². The van der Waals surface area contributed by atoms with E-state index in [4.69, 9.17) is 0 Å². The predicted octanol–water partition coefficient (Wildman–Crippen LogP) is 3.28. The summed E-state index contributed by atoms with van der Waals surface area (Å²) in [6, 6.07) is 21.3. The molecule has 0 bridgehead atoms. The first-order chi connectivity index (χ1) is 10.7. The van der Waals surface area contributed by atoms with Crippen LogP contribution in [-0.4, -0.2) is 5.78 Å². The Balaban J connectivity index is 1.94. The minimum Gasteiger partial charge on any atom is -0.333 e. The largest absolute Gasteiger partial charge is 0.333 e. The maximum Gasteiger partial charge on any atom is 0.148 e. The summed E-state index contributed by atoms with van der Waals surface area (Å²) in [5.41, 5.74) is 2.51. The number of ketones is 1. The average molecular weight is 294 g/mol. The molecule has 3 atom stereocenters. The topological polar surface area (TPSA) is 33.7 Å². The summed E-state index contributed by atoms with van der Waals surface area (Å²) in [6.45, 7) is 4.32. The number of piperidine rings is 1. The Kier molecular flexibility index (Phi) is 4.39. The molecule has 0 saturated carbocycles. The van der Waals surface area contributed by atoms with Gasteiger partial charge in [-0.15, -0.1) is 0 Å². The number of nitrogens with two attached hydrogens (primary N) is 1. The Morgan fingerprint density at radius 3 is 2.00 bits per heavy atom. The first-order valence-electron chi connectivity index (χ1n) is 8.14. The van der Waals surface area contributed by atoms with Crippen molar-refractivity contribution in [3.05, 3.63) is 71.8 Å². The molecule has 0 radical (unpaired) electrons. The Morgan fingerprint density at radius 1 is 0.909 bits per heavy atom. The number of carbonyl (C=O) groups is 1. The van der Waals surface area contributed by atoms with Gasteiger partial charge in [0.05, 0.1) is 12.3 Å². The molecule has 114 valence electrons. The highest BCUT2D eigenvalue weighted by Crippen LogP contribution is 2.33. The van der Waals surface area contributed by atoms with Crippen LogP contribution in [0.2, 0.25) is 0 Å². The van der Waals surface area contributed by atoms with Gasteiger partial charge in [0.15, 0.2) is 0 Å². The van der Waals surface area contributed by atoms with Crippen molar-refractivity contribution in [3.63, 3.8) is 0 Å². The fourth-order valence-corrected chi connectivity index (χ4v) is 3.70. The first-order valence-corrected chi connectivity index (χ1v) is 8.14. The van der Waals surface area contributed by atoms with Crippen LogP contribution < -0.4 is 5.32 Å². The number of carbonyl (C=O) groups excluding carboxylic acids is 1. The van der Waals surface area contributed by atoms with Crippen LogP contribution in [0.4, 0.5) is 0 Å². The van der Waals surface area contributed by atoms with E-state index in [2.05, 4.69) is 67.7 Å². The van der Waals surface area contributed by atoms with Gasteiger partial charge in [0, 0.05) is 11.1 Å². The van der Waals surface area contributed by atoms with Crippen LogP contribution in [0.25, 0.3) is 0 Å². The number of hydrogen-bond acceptors (Lipinski definition) is 1. The minimum absolute atomic E-state index is 0.0994. The zero-order chi connectivity index (χ0) is 15.5. The molecular formula is C20H24NO+. The van der Waals surface area contributed by atoms with Crippen molar-refractivity contribution >= 4 is 5.78 Å². The molecular weight excluding hydrogens is 270 g/mol. The molecule has 2 aromatic rings. The molecule has 1 saturated heterocycles. The number of rotatable bonds is 3. The Morgan fingerprint density at radius 2 is 1.45 bits per heavy atom. The molecule has 2 N–H and O–H groups in total. The maximum atomic E-state index is 12.8. The number of Topliss-reactive ketones (excluding diaryl/α,β-unsaturated/α-hetero) is 1. The van der Waals surface area contributed by atoms with E-state index in [0.29, 0.717) is 18.1 Å². The van der Waals surface area contributed by atoms with Gasteiger partial charge in [-0.2, -0.15) is 0 Å². The van der Waals surface area contributed by atoms with Crippen molar-refractivity contribution in [3.8, 4) is 0 Å². The van der Waals surface area contributed by atoms with Crippen LogP contribution >= 0.6 is 0 Å². The lowest BCUT2D eigenvalue weighted by Gasteiger charge is -2.35. The van der Waals surface area contributed by atoms with Crippen molar-refractivity contribution < 1.29 is 10.1 Å². The maximum absolute atomic E-state index is 12.8. The zero-order valence-electron chi connectivity index (χ0n) is 13.3. The van der Waals surface area contributed by atoms with Gasteiger partial charge in [-0.05, 0) is 5.92 Å². The summed E-state index contributed by atoms with van der Waals surface area (Å²) in [7, 11) is 0. The lowest BCUT2D eigenvalue weighted by atomic mass is 9.75. The Labute approximate surface area is 132 Å². The van der Waals surface area contributed by atoms with Crippen molar-refractivity contribution in [2.24, 2.45) is 11.8 Å². The average Bonchev–Trinajstić information content (AvgIpc) is 2.55. The summed E-state index contributed by atoms with van der Waals surface area (Å²) >= 11 is 0. The molecule has 0 aromatic heterocycles. The molecule has 1 heterocycles. The van der Waals surface area contributed by atoms with Crippen molar-refractivity contribution in [2.75, 3.05) is 0 Å². The SMILES string of the molecule is CC(C)[C@H]1C(=O)C[C@@H](c2ccccc2)[NH2+][C@@H]1c1ccccc1. The van der Waals surface area contributed by atoms with E-state index >= 15 is 0 Å². The zero-order valence-corrected chi connectivity index (χ0v) is 13.3. The number of quaternary nitrogens is 1. The fraction of sp³-hybridized carbons (Fsp3) is 0.350. The van der Waals surface area contributed by atoms with Gasteiger partial charge < -0.3 is 5.32 Å². The normalized spacial score (nSPS) is 25.4. The summed E-state index contributed by atoms with van der Waals surface area (Å²) < 4.78 is 0. The monoisotopic (exact) mass is 294 g/mol. The second-order valence-corrected chi connectivity index (χ2v) is 6.59. The van der Waals surface area contributed by atoms with Crippen molar-refractivity contribution in [1.82, 2.24) is 0 Å². The third-order valence-electron chi connectivity index (χ3n) is 4.75. The first kappa shape index (κ1) is 15.0. The van der Waals surface area contributed by atoms with E-state index in [9.17, 15) is 4.79 Å². The lowest BCUT2D eigenvalue weighted by Crippen LogP contribution is -2.90. The van der Waals surface area contributed by atoms with Crippen LogP contribution in [0.5, 0.6) is 0 Å². The van der Waals surface area contributed by atoms with Crippen LogP contribution in [-0.2, 0) is 4.79 Å². The third kappa shape index (κ3) is 2.97. The van der Waals surface area contributed by atoms with Crippen LogP contribution in [0, 0.1) is 11.8 Å². The molecule has 0 spiro atoms. The summed E-state index contributed by atoms with van der Waals surface area (Å²) in [6.07, 6.45) is 0.635. The summed E-state index contributed by atoms with van der Waals surface area (Å²) in [5.74, 6) is 0.869. The second kappa shape index (κ2) is 6.45. The van der Waals surface area contributed by atoms with Gasteiger partial charge in [-0.3, -0.25) is 4.79 Å². The Bertz CT molecular complexity index is 621. The number of hydrogen-bond donors (Lipinski definition) is 1. The Hall–Kier alpha value is -1.93. The summed E-state index contributed by atoms with van der Waals surface area (Å²) in [4.78, 5) is 12.8. The molecule has 0 aliphatic carbocycles. The molecule has 2 heteroatoms. The van der Waals surface area contributed by atoms with Gasteiger partial charge in [-0.1, -0.05) is 74.5 Å². The molecule has 0 amide bonds. The molecule has 3 rings (SSSR count). The second-order valence-electron chi connectivity index (χ2n) is 6.59. The van der Waals surface area contributed by atoms with E-state index in [1.807, 2.05) is 12.1 Å². The van der Waals surface area contributed by atoms with E-state index in [1.165, 1.54) is 11.1 Å². The van der Waals surface area contributed by atoms with E-state index in [-0.39, 0.29) is 18.0 Å². The smallest absolute Gasteiger partial charge is 0.148 e. The standard InChI is InChI=1S/C20H23NO/c1-14(2)19-18(22)13-17(15-9-5-3-6-10-15)21-20(19)16-11-7-4-8-12-16/h3-12,14,17,19-21H,13H2,1-2H3/p+1/t17-,19-,20+/m0/s1. The van der Waals surface area contributed by atoms with Gasteiger partial charge >= 0.3 is 0 Å². The van der Waals surface area contributed by atoms with Crippen LogP contribution in [0.1, 0.15) is 43.5 Å². The lowest BCUT2D eigenvalue weighted by molar-refractivity contribution is -0.744. The third-order valence-corrected chi connectivity index (χ3v) is 4.75. The highest BCUT2D eigenvalue weighted by Gasteiger charge is 2.42. The van der Waals surface area contributed by atoms with Gasteiger partial charge in [-0.25, -0.2) is 0 Å². The van der Waals surface area contributed by atoms with E-state index in [0.717, 1.165) is 0 Å². The molecule has 1 aliphatic heterocycles. The highest BCUT2D eigenvalue weighted by atomic mass is 16.1. The van der Waals surface area contributed by atoms with Gasteiger partial charge in [0.1, 0.15) is 17.9 Å². The molecule has 22 heavy (non-hydrogen) atoms. The fourth-order valence-electron chi connectivity index (χ4n) is 3.70. The highest BCUT2D eigenvalue weighted by molar-refractivity contribution is 5.83.